The Balaban J connectivity index is 4.25. The zero-order valence-electron chi connectivity index (χ0n) is 9.40. The largest absolute Gasteiger partial charge is 0.474 e. The predicted octanol–water partition coefficient (Wildman–Crippen LogP) is 2.22. The van der Waals surface area contributed by atoms with Crippen LogP contribution in [0.25, 0.3) is 0 Å². The summed E-state index contributed by atoms with van der Waals surface area (Å²) in [4.78, 5) is 0. The van der Waals surface area contributed by atoms with Gasteiger partial charge in [0.15, 0.2) is 0 Å². The van der Waals surface area contributed by atoms with Crippen LogP contribution < -0.4 is 0 Å². The van der Waals surface area contributed by atoms with Crippen LogP contribution in [0.15, 0.2) is 0 Å². The van der Waals surface area contributed by atoms with Crippen molar-refractivity contribution in [1.29, 1.82) is 0 Å². The Hall–Kier alpha value is 0.0700. The molecule has 0 aliphatic rings. The van der Waals surface area contributed by atoms with Crippen molar-refractivity contribution in [2.75, 3.05) is 27.4 Å². The van der Waals surface area contributed by atoms with Gasteiger partial charge in [-0.25, -0.2) is 4.57 Å². The molecule has 0 heterocycles. The Kier molecular flexibility index (Phi) is 5.86. The highest BCUT2D eigenvalue weighted by Gasteiger charge is 2.33. The summed E-state index contributed by atoms with van der Waals surface area (Å²) in [5.74, 6) is 0. The van der Waals surface area contributed by atoms with Crippen LogP contribution in [0.3, 0.4) is 0 Å². The summed E-state index contributed by atoms with van der Waals surface area (Å²) in [5.41, 5.74) is -0.697. The maximum absolute atomic E-state index is 11.6. The zero-order chi connectivity index (χ0) is 11.2. The quantitative estimate of drug-likeness (QED) is 0.623. The maximum atomic E-state index is 11.6. The first kappa shape index (κ1) is 14.1. The molecule has 14 heavy (non-hydrogen) atoms. The van der Waals surface area contributed by atoms with E-state index in [0.717, 1.165) is 0 Å². The van der Waals surface area contributed by atoms with E-state index in [0.29, 0.717) is 13.2 Å². The van der Waals surface area contributed by atoms with Crippen molar-refractivity contribution >= 4 is 7.82 Å². The fourth-order valence-electron chi connectivity index (χ4n) is 0.826. The molecule has 0 atom stereocenters. The molecule has 86 valence electrons. The monoisotopic (exact) mass is 226 g/mol. The van der Waals surface area contributed by atoms with Crippen LogP contribution in [-0.2, 0) is 22.9 Å². The molecule has 0 bridgehead atoms. The summed E-state index contributed by atoms with van der Waals surface area (Å²) in [7, 11) is -0.865. The number of phosphoric acid groups is 1. The van der Waals surface area contributed by atoms with Crippen molar-refractivity contribution in [1.82, 2.24) is 0 Å². The molecule has 0 aromatic carbocycles. The number of hydrogen-bond donors (Lipinski definition) is 0. The van der Waals surface area contributed by atoms with E-state index in [2.05, 4.69) is 9.05 Å². The molecule has 0 saturated carbocycles. The average molecular weight is 226 g/mol. The number of hydrogen-bond acceptors (Lipinski definition) is 5. The number of rotatable bonds is 7. The summed E-state index contributed by atoms with van der Waals surface area (Å²) >= 11 is 0. The molecule has 0 rings (SSSR count). The topological polar surface area (TPSA) is 54.0 Å². The number of ether oxygens (including phenoxy) is 1. The molecule has 0 radical (unpaired) electrons. The van der Waals surface area contributed by atoms with E-state index in [9.17, 15) is 4.57 Å². The first-order valence-electron chi connectivity index (χ1n) is 4.39. The van der Waals surface area contributed by atoms with E-state index >= 15 is 0 Å². The Morgan fingerprint density at radius 1 is 1.21 bits per heavy atom. The molecule has 5 nitrogen and oxygen atoms in total. The van der Waals surface area contributed by atoms with Crippen LogP contribution in [0.1, 0.15) is 20.8 Å². The lowest BCUT2D eigenvalue weighted by atomic mass is 10.2. The predicted molar refractivity (Wildman–Crippen MR) is 53.3 cm³/mol. The van der Waals surface area contributed by atoms with Gasteiger partial charge in [-0.2, -0.15) is 0 Å². The minimum Gasteiger partial charge on any atom is -0.379 e. The first-order chi connectivity index (χ1) is 6.39. The summed E-state index contributed by atoms with van der Waals surface area (Å²) in [6, 6.07) is 0. The third kappa shape index (κ3) is 5.08. The van der Waals surface area contributed by atoms with Crippen molar-refractivity contribution in [2.24, 2.45) is 0 Å². The molecule has 0 spiro atoms. The van der Waals surface area contributed by atoms with Crippen LogP contribution in [0.4, 0.5) is 0 Å². The van der Waals surface area contributed by atoms with E-state index in [1.165, 1.54) is 14.2 Å². The van der Waals surface area contributed by atoms with Gasteiger partial charge in [0, 0.05) is 20.8 Å². The smallest absolute Gasteiger partial charge is 0.379 e. The minimum absolute atomic E-state index is 0.334. The second kappa shape index (κ2) is 5.83. The second-order valence-electron chi connectivity index (χ2n) is 3.30. The normalized spacial score (nSPS) is 13.2. The summed E-state index contributed by atoms with van der Waals surface area (Å²) in [6.07, 6.45) is 0. The van der Waals surface area contributed by atoms with Crippen LogP contribution in [0.5, 0.6) is 0 Å². The molecule has 0 fully saturated rings. The highest BCUT2D eigenvalue weighted by molar-refractivity contribution is 7.48. The molecule has 0 aliphatic carbocycles. The highest BCUT2D eigenvalue weighted by Crippen LogP contribution is 2.50. The van der Waals surface area contributed by atoms with Crippen LogP contribution >= 0.6 is 7.82 Å². The van der Waals surface area contributed by atoms with Crippen LogP contribution in [-0.4, -0.2) is 33.0 Å². The first-order valence-corrected chi connectivity index (χ1v) is 5.85. The van der Waals surface area contributed by atoms with Gasteiger partial charge < -0.3 is 4.74 Å². The van der Waals surface area contributed by atoms with E-state index in [1.807, 2.05) is 6.92 Å². The SMILES string of the molecule is CCOCC(C)(C)OP(=O)(OC)OC. The van der Waals surface area contributed by atoms with Crippen LogP contribution in [0, 0.1) is 0 Å². The molecule has 6 heteroatoms. The van der Waals surface area contributed by atoms with Crippen molar-refractivity contribution in [3.8, 4) is 0 Å². The van der Waals surface area contributed by atoms with Crippen molar-refractivity contribution in [2.45, 2.75) is 26.4 Å². The third-order valence-electron chi connectivity index (χ3n) is 1.46. The maximum Gasteiger partial charge on any atom is 0.474 e. The Morgan fingerprint density at radius 3 is 2.07 bits per heavy atom. The van der Waals surface area contributed by atoms with Gasteiger partial charge in [-0.1, -0.05) is 0 Å². The fraction of sp³-hybridized carbons (Fsp3) is 1.00. The zero-order valence-corrected chi connectivity index (χ0v) is 10.3. The van der Waals surface area contributed by atoms with Crippen molar-refractivity contribution < 1.29 is 22.9 Å². The molecule has 0 aromatic heterocycles. The summed E-state index contributed by atoms with van der Waals surface area (Å²) in [6.45, 7) is 6.31. The van der Waals surface area contributed by atoms with E-state index in [4.69, 9.17) is 9.26 Å². The van der Waals surface area contributed by atoms with E-state index in [-0.39, 0.29) is 0 Å². The van der Waals surface area contributed by atoms with Crippen molar-refractivity contribution in [3.63, 3.8) is 0 Å². The van der Waals surface area contributed by atoms with E-state index in [1.54, 1.807) is 13.8 Å². The van der Waals surface area contributed by atoms with Gasteiger partial charge in [-0.15, -0.1) is 0 Å². The highest BCUT2D eigenvalue weighted by atomic mass is 31.2. The van der Waals surface area contributed by atoms with Gasteiger partial charge in [0.25, 0.3) is 0 Å². The summed E-state index contributed by atoms with van der Waals surface area (Å²) < 4.78 is 31.3. The number of phosphoric ester groups is 1. The average Bonchev–Trinajstić information content (AvgIpc) is 2.14. The van der Waals surface area contributed by atoms with Gasteiger partial charge in [0.05, 0.1) is 12.2 Å². The molecule has 0 unspecified atom stereocenters. The fourth-order valence-corrected chi connectivity index (χ4v) is 1.78. The van der Waals surface area contributed by atoms with Crippen molar-refractivity contribution in [3.05, 3.63) is 0 Å². The van der Waals surface area contributed by atoms with Crippen LogP contribution in [0.2, 0.25) is 0 Å². The minimum atomic E-state index is -3.42. The second-order valence-corrected chi connectivity index (χ2v) is 5.11. The molecule has 0 aliphatic heterocycles. The van der Waals surface area contributed by atoms with Gasteiger partial charge in [0.2, 0.25) is 0 Å². The van der Waals surface area contributed by atoms with Gasteiger partial charge in [0.1, 0.15) is 0 Å². The Morgan fingerprint density at radius 2 is 1.71 bits per heavy atom. The molecule has 0 N–H and O–H groups in total. The molecule has 0 aromatic rings. The van der Waals surface area contributed by atoms with Gasteiger partial charge >= 0.3 is 7.82 Å². The molecular weight excluding hydrogens is 207 g/mol. The lowest BCUT2D eigenvalue weighted by molar-refractivity contribution is -0.0222. The molecule has 0 saturated heterocycles. The molecular formula is C8H19O5P. The molecule has 0 amide bonds. The van der Waals surface area contributed by atoms with E-state index < -0.39 is 13.4 Å². The Labute approximate surface area is 85.3 Å². The third-order valence-corrected chi connectivity index (χ3v) is 3.07. The van der Waals surface area contributed by atoms with Gasteiger partial charge in [-0.05, 0) is 20.8 Å². The standard InChI is InChI=1S/C8H19O5P/c1-6-12-7-8(2,3)13-14(9,10-4)11-5/h6-7H2,1-5H3. The Bertz CT molecular complexity index is 196. The lowest BCUT2D eigenvalue weighted by Crippen LogP contribution is -2.30. The van der Waals surface area contributed by atoms with Gasteiger partial charge in [-0.3, -0.25) is 13.6 Å². The lowest BCUT2D eigenvalue weighted by Gasteiger charge is -2.27. The summed E-state index contributed by atoms with van der Waals surface area (Å²) in [5, 5.41) is 0.